The van der Waals surface area contributed by atoms with E-state index in [1.54, 1.807) is 17.0 Å². The number of nitro groups is 1. The average molecular weight is 292 g/mol. The molecule has 1 fully saturated rings. The van der Waals surface area contributed by atoms with Gasteiger partial charge in [-0.1, -0.05) is 19.1 Å². The summed E-state index contributed by atoms with van der Waals surface area (Å²) < 4.78 is 5.57. The van der Waals surface area contributed by atoms with Gasteiger partial charge in [-0.15, -0.1) is 0 Å². The minimum Gasteiger partial charge on any atom is -0.376 e. The summed E-state index contributed by atoms with van der Waals surface area (Å²) in [5.41, 5.74) is 0.00453. The molecule has 114 valence electrons. The van der Waals surface area contributed by atoms with Crippen LogP contribution >= 0.6 is 0 Å². The van der Waals surface area contributed by atoms with Gasteiger partial charge in [0.05, 0.1) is 11.0 Å². The van der Waals surface area contributed by atoms with Crippen LogP contribution in [-0.4, -0.2) is 41.5 Å². The number of carbonyl (C=O) groups is 1. The molecule has 6 heteroatoms. The van der Waals surface area contributed by atoms with Gasteiger partial charge < -0.3 is 9.64 Å². The normalized spacial score (nSPS) is 17.7. The van der Waals surface area contributed by atoms with Gasteiger partial charge in [0.2, 0.25) is 0 Å². The van der Waals surface area contributed by atoms with E-state index < -0.39 is 4.92 Å². The van der Waals surface area contributed by atoms with Gasteiger partial charge in [0.15, 0.2) is 0 Å². The van der Waals surface area contributed by atoms with Crippen molar-refractivity contribution in [2.24, 2.45) is 0 Å². The monoisotopic (exact) mass is 292 g/mol. The van der Waals surface area contributed by atoms with E-state index in [0.29, 0.717) is 13.1 Å². The van der Waals surface area contributed by atoms with Gasteiger partial charge in [-0.3, -0.25) is 14.9 Å². The van der Waals surface area contributed by atoms with Crippen molar-refractivity contribution in [3.63, 3.8) is 0 Å². The number of amides is 1. The largest absolute Gasteiger partial charge is 0.376 e. The highest BCUT2D eigenvalue weighted by Gasteiger charge is 2.27. The smallest absolute Gasteiger partial charge is 0.282 e. The molecule has 6 nitrogen and oxygen atoms in total. The van der Waals surface area contributed by atoms with Gasteiger partial charge in [0, 0.05) is 25.8 Å². The Morgan fingerprint density at radius 2 is 2.24 bits per heavy atom. The summed E-state index contributed by atoms with van der Waals surface area (Å²) in [5.74, 6) is -0.292. The summed E-state index contributed by atoms with van der Waals surface area (Å²) in [4.78, 5) is 24.8. The molecule has 0 aromatic heterocycles. The Bertz CT molecular complexity index is 512. The van der Waals surface area contributed by atoms with Crippen LogP contribution in [0.5, 0.6) is 0 Å². The Labute approximate surface area is 123 Å². The van der Waals surface area contributed by atoms with Crippen LogP contribution in [0, 0.1) is 10.1 Å². The number of rotatable bonds is 6. The number of para-hydroxylation sites is 1. The van der Waals surface area contributed by atoms with Gasteiger partial charge in [-0.05, 0) is 25.3 Å². The van der Waals surface area contributed by atoms with E-state index in [4.69, 9.17) is 4.74 Å². The molecule has 1 aromatic rings. The lowest BCUT2D eigenvalue weighted by molar-refractivity contribution is -0.385. The van der Waals surface area contributed by atoms with Gasteiger partial charge in [-0.25, -0.2) is 0 Å². The minimum absolute atomic E-state index is 0.0447. The van der Waals surface area contributed by atoms with E-state index >= 15 is 0 Å². The van der Waals surface area contributed by atoms with Crippen molar-refractivity contribution in [2.75, 3.05) is 19.7 Å². The predicted molar refractivity (Wildman–Crippen MR) is 78.3 cm³/mol. The molecule has 1 atom stereocenters. The maximum atomic E-state index is 12.6. The first-order valence-electron chi connectivity index (χ1n) is 7.27. The molecule has 2 rings (SSSR count). The Kier molecular flexibility index (Phi) is 5.27. The van der Waals surface area contributed by atoms with Crippen molar-refractivity contribution in [1.29, 1.82) is 0 Å². The molecule has 1 saturated heterocycles. The lowest BCUT2D eigenvalue weighted by atomic mass is 10.1. The van der Waals surface area contributed by atoms with Gasteiger partial charge >= 0.3 is 0 Å². The zero-order valence-electron chi connectivity index (χ0n) is 12.2. The summed E-state index contributed by atoms with van der Waals surface area (Å²) in [5, 5.41) is 11.1. The minimum atomic E-state index is -0.510. The van der Waals surface area contributed by atoms with Crippen molar-refractivity contribution in [3.05, 3.63) is 39.9 Å². The molecule has 0 bridgehead atoms. The molecule has 0 saturated carbocycles. The van der Waals surface area contributed by atoms with Crippen molar-refractivity contribution in [3.8, 4) is 0 Å². The highest BCUT2D eigenvalue weighted by Crippen LogP contribution is 2.21. The van der Waals surface area contributed by atoms with Crippen molar-refractivity contribution < 1.29 is 14.5 Å². The van der Waals surface area contributed by atoms with Crippen molar-refractivity contribution in [2.45, 2.75) is 32.3 Å². The highest BCUT2D eigenvalue weighted by molar-refractivity contribution is 5.98. The maximum absolute atomic E-state index is 12.6. The third kappa shape index (κ3) is 3.78. The lowest BCUT2D eigenvalue weighted by Gasteiger charge is -2.25. The van der Waals surface area contributed by atoms with E-state index in [2.05, 4.69) is 0 Å². The summed E-state index contributed by atoms with van der Waals surface area (Å²) in [7, 11) is 0. The Hall–Kier alpha value is -1.95. The second kappa shape index (κ2) is 7.17. The van der Waals surface area contributed by atoms with Crippen LogP contribution in [0.2, 0.25) is 0 Å². The van der Waals surface area contributed by atoms with Crippen LogP contribution in [0.4, 0.5) is 5.69 Å². The Morgan fingerprint density at radius 1 is 1.48 bits per heavy atom. The molecule has 1 aromatic carbocycles. The molecule has 0 radical (unpaired) electrons. The van der Waals surface area contributed by atoms with Crippen LogP contribution in [0.3, 0.4) is 0 Å². The first kappa shape index (κ1) is 15.4. The van der Waals surface area contributed by atoms with E-state index in [1.807, 2.05) is 6.92 Å². The predicted octanol–water partition coefficient (Wildman–Crippen LogP) is 2.63. The standard InChI is InChI=1S/C15H20N2O4/c1-2-9-16(11-12-6-5-10-21-12)15(18)13-7-3-4-8-14(13)17(19)20/h3-4,7-8,12H,2,5-6,9-11H2,1H3. The highest BCUT2D eigenvalue weighted by atomic mass is 16.6. The van der Waals surface area contributed by atoms with Gasteiger partial charge in [0.25, 0.3) is 11.6 Å². The van der Waals surface area contributed by atoms with Crippen LogP contribution in [0.25, 0.3) is 0 Å². The van der Waals surface area contributed by atoms with Crippen LogP contribution < -0.4 is 0 Å². The molecule has 1 amide bonds. The maximum Gasteiger partial charge on any atom is 0.282 e. The second-order valence-electron chi connectivity index (χ2n) is 5.16. The lowest BCUT2D eigenvalue weighted by Crippen LogP contribution is -2.38. The number of hydrogen-bond donors (Lipinski definition) is 0. The Morgan fingerprint density at radius 3 is 2.86 bits per heavy atom. The average Bonchev–Trinajstić information content (AvgIpc) is 2.99. The molecular weight excluding hydrogens is 272 g/mol. The molecule has 0 N–H and O–H groups in total. The summed E-state index contributed by atoms with van der Waals surface area (Å²) in [6, 6.07) is 6.09. The molecule has 1 aliphatic heterocycles. The fraction of sp³-hybridized carbons (Fsp3) is 0.533. The SMILES string of the molecule is CCCN(CC1CCCO1)C(=O)c1ccccc1[N+](=O)[O-]. The number of ether oxygens (including phenoxy) is 1. The number of nitro benzene ring substituents is 1. The zero-order chi connectivity index (χ0) is 15.2. The quantitative estimate of drug-likeness (QED) is 0.597. The van der Waals surface area contributed by atoms with E-state index in [9.17, 15) is 14.9 Å². The molecule has 1 heterocycles. The molecule has 0 aliphatic carbocycles. The number of nitrogens with zero attached hydrogens (tertiary/aromatic N) is 2. The van der Waals surface area contributed by atoms with Gasteiger partial charge in [-0.2, -0.15) is 0 Å². The van der Waals surface area contributed by atoms with Crippen LogP contribution in [0.15, 0.2) is 24.3 Å². The molecule has 1 unspecified atom stereocenters. The zero-order valence-corrected chi connectivity index (χ0v) is 12.2. The Balaban J connectivity index is 2.19. The summed E-state index contributed by atoms with van der Waals surface area (Å²) in [6.07, 6.45) is 2.79. The molecule has 0 spiro atoms. The van der Waals surface area contributed by atoms with E-state index in [-0.39, 0.29) is 23.3 Å². The number of carbonyl (C=O) groups excluding carboxylic acids is 1. The first-order chi connectivity index (χ1) is 10.1. The molecule has 1 aliphatic rings. The van der Waals surface area contributed by atoms with Crippen molar-refractivity contribution >= 4 is 11.6 Å². The van der Waals surface area contributed by atoms with E-state index in [1.165, 1.54) is 12.1 Å². The van der Waals surface area contributed by atoms with Crippen molar-refractivity contribution in [1.82, 2.24) is 4.90 Å². The second-order valence-corrected chi connectivity index (χ2v) is 5.16. The fourth-order valence-corrected chi connectivity index (χ4v) is 2.56. The first-order valence-corrected chi connectivity index (χ1v) is 7.27. The van der Waals surface area contributed by atoms with Crippen LogP contribution in [-0.2, 0) is 4.74 Å². The molecular formula is C15H20N2O4. The summed E-state index contributed by atoms with van der Waals surface area (Å²) in [6.45, 7) is 3.78. The topological polar surface area (TPSA) is 72.7 Å². The van der Waals surface area contributed by atoms with E-state index in [0.717, 1.165) is 25.9 Å². The summed E-state index contributed by atoms with van der Waals surface area (Å²) >= 11 is 0. The number of hydrogen-bond acceptors (Lipinski definition) is 4. The third-order valence-electron chi connectivity index (χ3n) is 3.56. The molecule has 21 heavy (non-hydrogen) atoms. The third-order valence-corrected chi connectivity index (χ3v) is 3.56. The van der Waals surface area contributed by atoms with Gasteiger partial charge in [0.1, 0.15) is 5.56 Å². The number of benzene rings is 1. The van der Waals surface area contributed by atoms with Crippen LogP contribution in [0.1, 0.15) is 36.5 Å². The fourth-order valence-electron chi connectivity index (χ4n) is 2.56.